The molecule has 0 aliphatic heterocycles. The summed E-state index contributed by atoms with van der Waals surface area (Å²) in [7, 11) is 0. The summed E-state index contributed by atoms with van der Waals surface area (Å²) in [6.07, 6.45) is 0. The molecule has 17 heavy (non-hydrogen) atoms. The van der Waals surface area contributed by atoms with E-state index in [4.69, 9.17) is 12.9 Å². The van der Waals surface area contributed by atoms with Crippen molar-refractivity contribution in [3.63, 3.8) is 0 Å². The van der Waals surface area contributed by atoms with Crippen LogP contribution in [0.4, 0.5) is 0 Å². The molecule has 0 atom stereocenters. The second kappa shape index (κ2) is 5.91. The van der Waals surface area contributed by atoms with E-state index in [0.29, 0.717) is 5.75 Å². The van der Waals surface area contributed by atoms with E-state index in [1.54, 1.807) is 6.92 Å². The van der Waals surface area contributed by atoms with Gasteiger partial charge in [0.25, 0.3) is 0 Å². The van der Waals surface area contributed by atoms with E-state index < -0.39 is 20.1 Å². The first-order valence-corrected chi connectivity index (χ1v) is 8.26. The average molecular weight is 304 g/mol. The Morgan fingerprint density at radius 1 is 1.29 bits per heavy atom. The average Bonchev–Trinajstić information content (AvgIpc) is 2.26. The molecule has 0 aliphatic carbocycles. The normalized spacial score (nSPS) is 11.0. The standard InChI is InChI=1S/C10H13AsO6/c1-2-16-10(12)7-17-9-5-3-8(4-6-9)11(13,14)15/h3-6H,2,7H2,1H3,(H2,13,14,15). The third kappa shape index (κ3) is 4.64. The Balaban J connectivity index is 2.57. The van der Waals surface area contributed by atoms with Gasteiger partial charge in [0.2, 0.25) is 0 Å². The molecule has 0 spiro atoms. The van der Waals surface area contributed by atoms with Crippen molar-refractivity contribution in [2.24, 2.45) is 0 Å². The number of carbonyl (C=O) groups is 1. The van der Waals surface area contributed by atoms with Crippen molar-refractivity contribution >= 4 is 24.5 Å². The van der Waals surface area contributed by atoms with Crippen molar-refractivity contribution in [1.29, 1.82) is 0 Å². The first-order valence-electron chi connectivity index (χ1n) is 4.88. The van der Waals surface area contributed by atoms with Crippen LogP contribution in [0.3, 0.4) is 0 Å². The van der Waals surface area contributed by atoms with Crippen molar-refractivity contribution in [3.05, 3.63) is 24.3 Å². The van der Waals surface area contributed by atoms with E-state index in [2.05, 4.69) is 4.74 Å². The molecular formula is C10H13AsO6. The molecule has 0 aromatic heterocycles. The Morgan fingerprint density at radius 3 is 2.35 bits per heavy atom. The maximum absolute atomic E-state index is 11.0. The van der Waals surface area contributed by atoms with Gasteiger partial charge in [-0.05, 0) is 0 Å². The van der Waals surface area contributed by atoms with Gasteiger partial charge in [-0.3, -0.25) is 0 Å². The van der Waals surface area contributed by atoms with E-state index in [9.17, 15) is 8.53 Å². The summed E-state index contributed by atoms with van der Waals surface area (Å²) in [5.41, 5.74) is 0. The molecular weight excluding hydrogens is 291 g/mol. The Kier molecular flexibility index (Phi) is 4.81. The SMILES string of the molecule is CCOC(=O)COc1ccc([As](=O)(O)O)cc1. The zero-order valence-corrected chi connectivity index (χ0v) is 11.1. The molecule has 1 aromatic carbocycles. The summed E-state index contributed by atoms with van der Waals surface area (Å²) >= 11 is -4.84. The Hall–Kier alpha value is -1.23. The van der Waals surface area contributed by atoms with Crippen LogP contribution in [0.1, 0.15) is 6.92 Å². The number of hydrogen-bond donors (Lipinski definition) is 2. The van der Waals surface area contributed by atoms with Crippen LogP contribution in [0.5, 0.6) is 5.75 Å². The Labute approximate surface area is 101 Å². The predicted molar refractivity (Wildman–Crippen MR) is 59.1 cm³/mol. The van der Waals surface area contributed by atoms with E-state index in [1.807, 2.05) is 0 Å². The third-order valence-electron chi connectivity index (χ3n) is 1.84. The van der Waals surface area contributed by atoms with Gasteiger partial charge in [0.1, 0.15) is 0 Å². The van der Waals surface area contributed by atoms with Crippen LogP contribution >= 0.6 is 0 Å². The first kappa shape index (κ1) is 13.8. The number of esters is 1. The van der Waals surface area contributed by atoms with Gasteiger partial charge in [0, 0.05) is 0 Å². The Bertz CT molecular complexity index is 421. The van der Waals surface area contributed by atoms with Gasteiger partial charge in [0.15, 0.2) is 0 Å². The molecule has 0 radical (unpaired) electrons. The molecule has 0 unspecified atom stereocenters. The van der Waals surface area contributed by atoms with Gasteiger partial charge in [-0.15, -0.1) is 0 Å². The maximum atomic E-state index is 11.0. The van der Waals surface area contributed by atoms with Gasteiger partial charge < -0.3 is 0 Å². The van der Waals surface area contributed by atoms with E-state index in [1.165, 1.54) is 24.3 Å². The van der Waals surface area contributed by atoms with Crippen molar-refractivity contribution < 1.29 is 26.2 Å². The van der Waals surface area contributed by atoms with Crippen LogP contribution in [0.15, 0.2) is 24.3 Å². The zero-order chi connectivity index (χ0) is 12.9. The molecule has 2 N–H and O–H groups in total. The number of rotatable bonds is 5. The summed E-state index contributed by atoms with van der Waals surface area (Å²) in [5.74, 6) is -0.138. The number of benzene rings is 1. The van der Waals surface area contributed by atoms with Crippen molar-refractivity contribution in [2.45, 2.75) is 6.92 Å². The molecule has 1 aromatic rings. The molecule has 0 saturated heterocycles. The topological polar surface area (TPSA) is 93.1 Å². The fraction of sp³-hybridized carbons (Fsp3) is 0.300. The summed E-state index contributed by atoms with van der Waals surface area (Å²) in [4.78, 5) is 11.0. The minimum absolute atomic E-state index is 0.0355. The molecule has 0 saturated carbocycles. The van der Waals surface area contributed by atoms with Gasteiger partial charge in [-0.1, -0.05) is 0 Å². The fourth-order valence-electron chi connectivity index (χ4n) is 1.08. The summed E-state index contributed by atoms with van der Waals surface area (Å²) in [6, 6.07) is 5.35. The van der Waals surface area contributed by atoms with E-state index >= 15 is 0 Å². The quantitative estimate of drug-likeness (QED) is 0.546. The van der Waals surface area contributed by atoms with Gasteiger partial charge >= 0.3 is 101 Å². The van der Waals surface area contributed by atoms with E-state index in [-0.39, 0.29) is 17.6 Å². The number of carbonyl (C=O) groups excluding carboxylic acids is 1. The third-order valence-corrected chi connectivity index (χ3v) is 3.87. The van der Waals surface area contributed by atoms with Crippen LogP contribution < -0.4 is 9.09 Å². The molecule has 0 heterocycles. The molecule has 1 rings (SSSR count). The van der Waals surface area contributed by atoms with Gasteiger partial charge in [-0.2, -0.15) is 0 Å². The van der Waals surface area contributed by atoms with Gasteiger partial charge in [0.05, 0.1) is 0 Å². The molecule has 6 nitrogen and oxygen atoms in total. The van der Waals surface area contributed by atoms with E-state index in [0.717, 1.165) is 0 Å². The van der Waals surface area contributed by atoms with Crippen molar-refractivity contribution in [2.75, 3.05) is 13.2 Å². The monoisotopic (exact) mass is 304 g/mol. The molecule has 0 fully saturated rings. The predicted octanol–water partition coefficient (Wildman–Crippen LogP) is -0.811. The molecule has 94 valence electrons. The molecule has 0 amide bonds. The molecule has 0 aliphatic rings. The molecule has 0 bridgehead atoms. The zero-order valence-electron chi connectivity index (χ0n) is 9.20. The minimum atomic E-state index is -4.84. The van der Waals surface area contributed by atoms with Crippen LogP contribution in [0, 0.1) is 0 Å². The fourth-order valence-corrected chi connectivity index (χ4v) is 2.21. The van der Waals surface area contributed by atoms with Crippen molar-refractivity contribution in [3.8, 4) is 5.75 Å². The summed E-state index contributed by atoms with van der Waals surface area (Å²) in [5, 5.41) is 0. The summed E-state index contributed by atoms with van der Waals surface area (Å²) < 4.78 is 38.5. The van der Waals surface area contributed by atoms with Gasteiger partial charge in [-0.25, -0.2) is 0 Å². The Morgan fingerprint density at radius 2 is 1.88 bits per heavy atom. The number of ether oxygens (including phenoxy) is 2. The summed E-state index contributed by atoms with van der Waals surface area (Å²) in [6.45, 7) is 1.74. The van der Waals surface area contributed by atoms with Crippen LogP contribution in [0.25, 0.3) is 0 Å². The van der Waals surface area contributed by atoms with Crippen LogP contribution in [-0.4, -0.2) is 41.5 Å². The second-order valence-corrected chi connectivity index (χ2v) is 6.50. The van der Waals surface area contributed by atoms with Crippen molar-refractivity contribution in [1.82, 2.24) is 0 Å². The second-order valence-electron chi connectivity index (χ2n) is 3.13. The first-order chi connectivity index (χ1) is 7.93. The van der Waals surface area contributed by atoms with Crippen LogP contribution in [-0.2, 0) is 13.3 Å². The molecule has 7 heteroatoms. The number of hydrogen-bond acceptors (Lipinski definition) is 4. The van der Waals surface area contributed by atoms with Crippen LogP contribution in [0.2, 0.25) is 0 Å².